The van der Waals surface area contributed by atoms with Gasteiger partial charge in [-0.2, -0.15) is 0 Å². The molecule has 1 aromatic rings. The van der Waals surface area contributed by atoms with Crippen molar-refractivity contribution in [2.45, 2.75) is 19.4 Å². The average molecular weight is 346 g/mol. The number of rotatable bonds is 6. The summed E-state index contributed by atoms with van der Waals surface area (Å²) in [5.74, 6) is -0.433. The Kier molecular flexibility index (Phi) is 6.56. The Morgan fingerprint density at radius 3 is 2.68 bits per heavy atom. The van der Waals surface area contributed by atoms with Gasteiger partial charge in [-0.05, 0) is 30.7 Å². The number of piperazine rings is 1. The van der Waals surface area contributed by atoms with Gasteiger partial charge in [0.15, 0.2) is 0 Å². The minimum absolute atomic E-state index is 0.151. The van der Waals surface area contributed by atoms with Gasteiger partial charge in [-0.3, -0.25) is 14.4 Å². The fourth-order valence-corrected chi connectivity index (χ4v) is 2.54. The highest BCUT2D eigenvalue weighted by molar-refractivity contribution is 5.97. The van der Waals surface area contributed by atoms with E-state index in [1.165, 1.54) is 11.0 Å². The molecule has 0 radical (unpaired) electrons. The molecule has 134 valence electrons. The number of carbonyl (C=O) groups excluding carboxylic acids is 3. The van der Waals surface area contributed by atoms with Crippen molar-refractivity contribution in [1.29, 1.82) is 0 Å². The molecule has 1 fully saturated rings. The van der Waals surface area contributed by atoms with E-state index in [-0.39, 0.29) is 24.8 Å². The number of hydrogen-bond donors (Lipinski definition) is 1. The Morgan fingerprint density at radius 2 is 2.04 bits per heavy atom. The van der Waals surface area contributed by atoms with Gasteiger partial charge in [-0.25, -0.2) is 0 Å². The smallest absolute Gasteiger partial charge is 0.308 e. The first-order chi connectivity index (χ1) is 12.0. The summed E-state index contributed by atoms with van der Waals surface area (Å²) in [5, 5.41) is 2.67. The Hall–Kier alpha value is -2.83. The van der Waals surface area contributed by atoms with E-state index in [0.29, 0.717) is 13.1 Å². The van der Waals surface area contributed by atoms with Crippen molar-refractivity contribution in [2.75, 3.05) is 26.8 Å². The van der Waals surface area contributed by atoms with Gasteiger partial charge in [-0.1, -0.05) is 12.1 Å². The largest absolute Gasteiger partial charge is 0.497 e. The SMILES string of the molecule is CCOC(=O)C[C@H]1C(=O)NCCN1C(=O)/C=C/c1ccc(OC)cc1. The Morgan fingerprint density at radius 1 is 1.32 bits per heavy atom. The first kappa shape index (κ1) is 18.5. The zero-order valence-electron chi connectivity index (χ0n) is 14.4. The number of benzene rings is 1. The molecule has 0 bridgehead atoms. The second kappa shape index (κ2) is 8.86. The molecule has 1 aliphatic heterocycles. The lowest BCUT2D eigenvalue weighted by atomic mass is 10.1. The zero-order valence-corrected chi connectivity index (χ0v) is 14.4. The maximum Gasteiger partial charge on any atom is 0.308 e. The highest BCUT2D eigenvalue weighted by Gasteiger charge is 2.34. The molecule has 7 heteroatoms. The standard InChI is InChI=1S/C18H22N2O5/c1-3-25-17(22)12-15-18(23)19-10-11-20(15)16(21)9-6-13-4-7-14(24-2)8-5-13/h4-9,15H,3,10-12H2,1-2H3,(H,19,23)/b9-6+/t15-/m0/s1. The molecule has 0 saturated carbocycles. The van der Waals surface area contributed by atoms with E-state index in [1.807, 2.05) is 12.1 Å². The van der Waals surface area contributed by atoms with Crippen molar-refractivity contribution in [3.05, 3.63) is 35.9 Å². The maximum absolute atomic E-state index is 12.5. The highest BCUT2D eigenvalue weighted by atomic mass is 16.5. The van der Waals surface area contributed by atoms with Crippen LogP contribution in [0.1, 0.15) is 18.9 Å². The molecule has 7 nitrogen and oxygen atoms in total. The topological polar surface area (TPSA) is 84.9 Å². The van der Waals surface area contributed by atoms with E-state index in [1.54, 1.807) is 32.2 Å². The van der Waals surface area contributed by atoms with Crippen molar-refractivity contribution >= 4 is 23.9 Å². The highest BCUT2D eigenvalue weighted by Crippen LogP contribution is 2.14. The van der Waals surface area contributed by atoms with Gasteiger partial charge in [0.25, 0.3) is 0 Å². The minimum Gasteiger partial charge on any atom is -0.497 e. The van der Waals surface area contributed by atoms with E-state index >= 15 is 0 Å². The monoisotopic (exact) mass is 346 g/mol. The van der Waals surface area contributed by atoms with Crippen LogP contribution < -0.4 is 10.1 Å². The van der Waals surface area contributed by atoms with E-state index in [0.717, 1.165) is 11.3 Å². The summed E-state index contributed by atoms with van der Waals surface area (Å²) >= 11 is 0. The summed E-state index contributed by atoms with van der Waals surface area (Å²) in [4.78, 5) is 37.6. The quantitative estimate of drug-likeness (QED) is 0.613. The van der Waals surface area contributed by atoms with Gasteiger partial charge in [0.05, 0.1) is 20.1 Å². The molecule has 0 aliphatic carbocycles. The predicted molar refractivity (Wildman–Crippen MR) is 91.8 cm³/mol. The zero-order chi connectivity index (χ0) is 18.2. The molecule has 1 heterocycles. The number of ether oxygens (including phenoxy) is 2. The molecule has 0 spiro atoms. The van der Waals surface area contributed by atoms with Crippen molar-refractivity contribution in [3.8, 4) is 5.75 Å². The molecular formula is C18H22N2O5. The normalized spacial score (nSPS) is 17.3. The van der Waals surface area contributed by atoms with Crippen molar-refractivity contribution in [1.82, 2.24) is 10.2 Å². The number of nitrogens with one attached hydrogen (secondary N) is 1. The Balaban J connectivity index is 2.06. The average Bonchev–Trinajstić information content (AvgIpc) is 2.62. The fourth-order valence-electron chi connectivity index (χ4n) is 2.54. The van der Waals surface area contributed by atoms with Gasteiger partial charge in [0.1, 0.15) is 11.8 Å². The van der Waals surface area contributed by atoms with Crippen LogP contribution in [0.2, 0.25) is 0 Å². The first-order valence-corrected chi connectivity index (χ1v) is 8.11. The maximum atomic E-state index is 12.5. The van der Waals surface area contributed by atoms with Gasteiger partial charge < -0.3 is 19.7 Å². The lowest BCUT2D eigenvalue weighted by Gasteiger charge is -2.33. The summed E-state index contributed by atoms with van der Waals surface area (Å²) in [6.45, 7) is 2.64. The van der Waals surface area contributed by atoms with Crippen LogP contribution in [0.3, 0.4) is 0 Å². The van der Waals surface area contributed by atoms with Crippen LogP contribution in [0.4, 0.5) is 0 Å². The lowest BCUT2D eigenvalue weighted by Crippen LogP contribution is -2.57. The molecule has 1 aromatic carbocycles. The van der Waals surface area contributed by atoms with Gasteiger partial charge in [0, 0.05) is 19.2 Å². The number of methoxy groups -OCH3 is 1. The Labute approximate surface area is 146 Å². The second-order valence-corrected chi connectivity index (χ2v) is 5.45. The van der Waals surface area contributed by atoms with E-state index in [9.17, 15) is 14.4 Å². The van der Waals surface area contributed by atoms with E-state index in [4.69, 9.17) is 9.47 Å². The summed E-state index contributed by atoms with van der Waals surface area (Å²) in [6, 6.07) is 6.38. The second-order valence-electron chi connectivity index (χ2n) is 5.45. The van der Waals surface area contributed by atoms with E-state index < -0.39 is 12.0 Å². The number of nitrogens with zero attached hydrogens (tertiary/aromatic N) is 1. The summed E-state index contributed by atoms with van der Waals surface area (Å²) in [7, 11) is 1.58. The molecule has 25 heavy (non-hydrogen) atoms. The molecule has 2 amide bonds. The van der Waals surface area contributed by atoms with Crippen molar-refractivity contribution in [3.63, 3.8) is 0 Å². The third-order valence-electron chi connectivity index (χ3n) is 3.81. The summed E-state index contributed by atoms with van der Waals surface area (Å²) in [5.41, 5.74) is 0.831. The van der Waals surface area contributed by atoms with Crippen molar-refractivity contribution in [2.24, 2.45) is 0 Å². The van der Waals surface area contributed by atoms with Crippen LogP contribution in [-0.2, 0) is 19.1 Å². The number of carbonyl (C=O) groups is 3. The van der Waals surface area contributed by atoms with Crippen LogP contribution in [0.25, 0.3) is 6.08 Å². The summed E-state index contributed by atoms with van der Waals surface area (Å²) < 4.78 is 9.97. The molecular weight excluding hydrogens is 324 g/mol. The van der Waals surface area contributed by atoms with Crippen molar-refractivity contribution < 1.29 is 23.9 Å². The van der Waals surface area contributed by atoms with Crippen LogP contribution in [0, 0.1) is 0 Å². The number of esters is 1. The molecule has 1 aliphatic rings. The summed E-state index contributed by atoms with van der Waals surface area (Å²) in [6.07, 6.45) is 2.91. The molecule has 1 saturated heterocycles. The molecule has 1 atom stereocenters. The van der Waals surface area contributed by atoms with Crippen LogP contribution in [0.15, 0.2) is 30.3 Å². The van der Waals surface area contributed by atoms with Gasteiger partial charge >= 0.3 is 5.97 Å². The number of hydrogen-bond acceptors (Lipinski definition) is 5. The van der Waals surface area contributed by atoms with Gasteiger partial charge in [-0.15, -0.1) is 0 Å². The molecule has 0 unspecified atom stereocenters. The fraction of sp³-hybridized carbons (Fsp3) is 0.389. The Bertz CT molecular complexity index is 654. The lowest BCUT2D eigenvalue weighted by molar-refractivity contribution is -0.150. The number of amides is 2. The third-order valence-corrected chi connectivity index (χ3v) is 3.81. The molecule has 0 aromatic heterocycles. The molecule has 2 rings (SSSR count). The first-order valence-electron chi connectivity index (χ1n) is 8.11. The van der Waals surface area contributed by atoms with Crippen LogP contribution in [0.5, 0.6) is 5.75 Å². The van der Waals surface area contributed by atoms with E-state index in [2.05, 4.69) is 5.32 Å². The minimum atomic E-state index is -0.846. The third kappa shape index (κ3) is 5.07. The van der Waals surface area contributed by atoms with Crippen LogP contribution in [-0.4, -0.2) is 55.5 Å². The van der Waals surface area contributed by atoms with Crippen LogP contribution >= 0.6 is 0 Å². The van der Waals surface area contributed by atoms with Gasteiger partial charge in [0.2, 0.25) is 11.8 Å². The molecule has 1 N–H and O–H groups in total. The predicted octanol–water partition coefficient (Wildman–Crippen LogP) is 0.989.